The minimum atomic E-state index is -0.777. The molecule has 0 aromatic carbocycles. The fourth-order valence-electron chi connectivity index (χ4n) is 5.30. The summed E-state index contributed by atoms with van der Waals surface area (Å²) >= 11 is 0. The summed E-state index contributed by atoms with van der Waals surface area (Å²) in [7, 11) is 0. The van der Waals surface area contributed by atoms with Crippen LogP contribution in [0.1, 0.15) is 168 Å². The van der Waals surface area contributed by atoms with Gasteiger partial charge < -0.3 is 19.3 Å². The summed E-state index contributed by atoms with van der Waals surface area (Å²) in [6, 6.07) is 0. The number of allylic oxidation sites excluding steroid dienone is 1. The van der Waals surface area contributed by atoms with Crippen LogP contribution in [-0.2, 0) is 23.8 Å². The van der Waals surface area contributed by atoms with Crippen LogP contribution in [0.5, 0.6) is 0 Å². The fraction of sp³-hybridized carbons (Fsp3) is 0.889. The summed E-state index contributed by atoms with van der Waals surface area (Å²) in [6.07, 6.45) is 30.0. The first-order chi connectivity index (χ1) is 20.5. The number of aliphatic hydroxyl groups is 1. The topological polar surface area (TPSA) is 85.4 Å². The highest BCUT2D eigenvalue weighted by Crippen LogP contribution is 2.30. The molecule has 0 bridgehead atoms. The molecule has 0 radical (unpaired) electrons. The fourth-order valence-corrected chi connectivity index (χ4v) is 5.30. The molecule has 0 amide bonds. The second-order valence-corrected chi connectivity index (χ2v) is 12.6. The highest BCUT2D eigenvalue weighted by molar-refractivity contribution is 5.70. The van der Waals surface area contributed by atoms with Gasteiger partial charge in [-0.2, -0.15) is 0 Å². The SMILES string of the molecule is CCCCCC1OC1C/C=C\CCCCCCCC(=O)O[C@@H](CO)COC(=O)CCCCCCCCCCC(C)CC. The van der Waals surface area contributed by atoms with Gasteiger partial charge in [-0.1, -0.05) is 129 Å². The molecule has 1 fully saturated rings. The summed E-state index contributed by atoms with van der Waals surface area (Å²) in [5.74, 6) is 0.245. The molecule has 42 heavy (non-hydrogen) atoms. The number of carbonyl (C=O) groups excluding carboxylic acids is 2. The van der Waals surface area contributed by atoms with Gasteiger partial charge in [-0.3, -0.25) is 9.59 Å². The molecule has 1 aliphatic heterocycles. The van der Waals surface area contributed by atoms with Crippen molar-refractivity contribution >= 4 is 11.9 Å². The van der Waals surface area contributed by atoms with Gasteiger partial charge in [-0.25, -0.2) is 0 Å². The van der Waals surface area contributed by atoms with E-state index < -0.39 is 6.10 Å². The van der Waals surface area contributed by atoms with Crippen molar-refractivity contribution < 1.29 is 28.9 Å². The number of aliphatic hydroxyl groups excluding tert-OH is 1. The van der Waals surface area contributed by atoms with Crippen LogP contribution in [-0.4, -0.2) is 48.6 Å². The van der Waals surface area contributed by atoms with Crippen LogP contribution in [0.3, 0.4) is 0 Å². The van der Waals surface area contributed by atoms with Crippen molar-refractivity contribution in [3.8, 4) is 0 Å². The van der Waals surface area contributed by atoms with Crippen LogP contribution in [0.2, 0.25) is 0 Å². The molecule has 1 N–H and O–H groups in total. The third-order valence-electron chi connectivity index (χ3n) is 8.52. The Kier molecular flexibility index (Phi) is 25.0. The van der Waals surface area contributed by atoms with E-state index in [0.29, 0.717) is 25.0 Å². The lowest BCUT2D eigenvalue weighted by Gasteiger charge is -2.15. The van der Waals surface area contributed by atoms with E-state index in [1.54, 1.807) is 0 Å². The van der Waals surface area contributed by atoms with Gasteiger partial charge in [-0.05, 0) is 44.4 Å². The van der Waals surface area contributed by atoms with Crippen LogP contribution in [0.4, 0.5) is 0 Å². The van der Waals surface area contributed by atoms with Crippen molar-refractivity contribution in [1.29, 1.82) is 0 Å². The Morgan fingerprint density at radius 2 is 1.38 bits per heavy atom. The second kappa shape index (κ2) is 27.2. The van der Waals surface area contributed by atoms with E-state index in [0.717, 1.165) is 63.7 Å². The van der Waals surface area contributed by atoms with Crippen molar-refractivity contribution in [2.75, 3.05) is 13.2 Å². The average Bonchev–Trinajstić information content (AvgIpc) is 3.74. The Morgan fingerprint density at radius 1 is 0.762 bits per heavy atom. The van der Waals surface area contributed by atoms with Crippen molar-refractivity contribution in [1.82, 2.24) is 0 Å². The number of hydrogen-bond acceptors (Lipinski definition) is 6. The smallest absolute Gasteiger partial charge is 0.306 e. The van der Waals surface area contributed by atoms with E-state index in [2.05, 4.69) is 32.9 Å². The number of rotatable bonds is 30. The third kappa shape index (κ3) is 23.1. The maximum absolute atomic E-state index is 12.1. The molecule has 6 heteroatoms. The number of carbonyl (C=O) groups is 2. The molecule has 246 valence electrons. The van der Waals surface area contributed by atoms with Gasteiger partial charge >= 0.3 is 11.9 Å². The van der Waals surface area contributed by atoms with E-state index >= 15 is 0 Å². The number of epoxide rings is 1. The van der Waals surface area contributed by atoms with E-state index in [1.807, 2.05) is 0 Å². The predicted molar refractivity (Wildman–Crippen MR) is 172 cm³/mol. The van der Waals surface area contributed by atoms with Crippen LogP contribution < -0.4 is 0 Å². The molecular formula is C36H66O6. The van der Waals surface area contributed by atoms with E-state index in [9.17, 15) is 14.7 Å². The second-order valence-electron chi connectivity index (χ2n) is 12.6. The van der Waals surface area contributed by atoms with Gasteiger partial charge in [0.05, 0.1) is 18.8 Å². The average molecular weight is 595 g/mol. The molecule has 0 aliphatic carbocycles. The molecule has 1 saturated heterocycles. The number of hydrogen-bond donors (Lipinski definition) is 1. The predicted octanol–water partition coefficient (Wildman–Crippen LogP) is 9.41. The Hall–Kier alpha value is -1.40. The molecule has 0 aromatic rings. The van der Waals surface area contributed by atoms with Gasteiger partial charge in [0.1, 0.15) is 6.61 Å². The van der Waals surface area contributed by atoms with E-state index in [1.165, 1.54) is 77.0 Å². The first-order valence-electron chi connectivity index (χ1n) is 17.8. The van der Waals surface area contributed by atoms with Crippen molar-refractivity contribution in [3.05, 3.63) is 12.2 Å². The molecule has 1 heterocycles. The zero-order chi connectivity index (χ0) is 30.7. The number of esters is 2. The Labute approximate surface area is 258 Å². The molecule has 6 nitrogen and oxygen atoms in total. The Balaban J connectivity index is 1.90. The lowest BCUT2D eigenvalue weighted by molar-refractivity contribution is -0.161. The molecule has 3 unspecified atom stereocenters. The maximum atomic E-state index is 12.1. The van der Waals surface area contributed by atoms with E-state index in [4.69, 9.17) is 14.2 Å². The van der Waals surface area contributed by atoms with Crippen LogP contribution in [0.15, 0.2) is 12.2 Å². The van der Waals surface area contributed by atoms with Crippen molar-refractivity contribution in [2.45, 2.75) is 187 Å². The normalized spacial score (nSPS) is 17.8. The van der Waals surface area contributed by atoms with Crippen molar-refractivity contribution in [2.24, 2.45) is 5.92 Å². The quantitative estimate of drug-likeness (QED) is 0.0386. The molecule has 0 spiro atoms. The van der Waals surface area contributed by atoms with Crippen molar-refractivity contribution in [3.63, 3.8) is 0 Å². The first-order valence-corrected chi connectivity index (χ1v) is 17.8. The minimum absolute atomic E-state index is 0.0718. The summed E-state index contributed by atoms with van der Waals surface area (Å²) in [6.45, 7) is 6.43. The standard InChI is InChI=1S/C36H66O6/c1-4-6-19-25-33-34(42-33)26-21-16-12-8-10-14-18-23-28-36(39)41-32(29-37)30-40-35(38)27-22-17-13-9-7-11-15-20-24-31(3)5-2/h16,21,31-34,37H,4-15,17-20,22-30H2,1-3H3/b21-16-/t31?,32-,33?,34?/m0/s1. The molecule has 0 aromatic heterocycles. The van der Waals surface area contributed by atoms with Gasteiger partial charge in [-0.15, -0.1) is 0 Å². The Bertz CT molecular complexity index is 678. The summed E-state index contributed by atoms with van der Waals surface area (Å²) in [5, 5.41) is 9.52. The van der Waals surface area contributed by atoms with Gasteiger partial charge in [0.25, 0.3) is 0 Å². The van der Waals surface area contributed by atoms with Crippen LogP contribution in [0.25, 0.3) is 0 Å². The maximum Gasteiger partial charge on any atom is 0.306 e. The lowest BCUT2D eigenvalue weighted by Crippen LogP contribution is -2.28. The zero-order valence-electron chi connectivity index (χ0n) is 27.6. The molecule has 1 aliphatic rings. The lowest BCUT2D eigenvalue weighted by atomic mass is 9.99. The molecule has 4 atom stereocenters. The highest BCUT2D eigenvalue weighted by Gasteiger charge is 2.36. The van der Waals surface area contributed by atoms with E-state index in [-0.39, 0.29) is 25.2 Å². The number of ether oxygens (including phenoxy) is 3. The number of unbranched alkanes of at least 4 members (excludes halogenated alkanes) is 14. The molecular weight excluding hydrogens is 528 g/mol. The van der Waals surface area contributed by atoms with Crippen LogP contribution in [0, 0.1) is 5.92 Å². The van der Waals surface area contributed by atoms with Crippen LogP contribution >= 0.6 is 0 Å². The Morgan fingerprint density at radius 3 is 2.02 bits per heavy atom. The first kappa shape index (κ1) is 38.6. The summed E-state index contributed by atoms with van der Waals surface area (Å²) < 4.78 is 16.3. The zero-order valence-corrected chi connectivity index (χ0v) is 27.6. The summed E-state index contributed by atoms with van der Waals surface area (Å²) in [5.41, 5.74) is 0. The highest BCUT2D eigenvalue weighted by atomic mass is 16.6. The largest absolute Gasteiger partial charge is 0.462 e. The molecule has 0 saturated carbocycles. The third-order valence-corrected chi connectivity index (χ3v) is 8.52. The summed E-state index contributed by atoms with van der Waals surface area (Å²) in [4.78, 5) is 24.2. The molecule has 1 rings (SSSR count). The van der Waals surface area contributed by atoms with Gasteiger partial charge in [0, 0.05) is 12.8 Å². The van der Waals surface area contributed by atoms with Gasteiger partial charge in [0.15, 0.2) is 6.10 Å². The minimum Gasteiger partial charge on any atom is -0.462 e. The monoisotopic (exact) mass is 594 g/mol. The van der Waals surface area contributed by atoms with Gasteiger partial charge in [0.2, 0.25) is 0 Å².